The molecule has 30 heavy (non-hydrogen) atoms. The molecule has 2 heterocycles. The molecule has 0 saturated carbocycles. The molecule has 0 aliphatic carbocycles. The number of benzene rings is 2. The van der Waals surface area contributed by atoms with Crippen molar-refractivity contribution >= 4 is 57.7 Å². The van der Waals surface area contributed by atoms with Gasteiger partial charge in [0.2, 0.25) is 5.91 Å². The summed E-state index contributed by atoms with van der Waals surface area (Å²) in [4.78, 5) is 24.5. The van der Waals surface area contributed by atoms with E-state index in [0.29, 0.717) is 39.3 Å². The summed E-state index contributed by atoms with van der Waals surface area (Å²) in [5, 5.41) is 12.0. The molecule has 0 spiro atoms. The van der Waals surface area contributed by atoms with Crippen molar-refractivity contribution in [2.45, 2.75) is 31.1 Å². The number of carbonyl (C=O) groups is 2. The first-order chi connectivity index (χ1) is 14.4. The first-order valence-electron chi connectivity index (χ1n) is 9.24. The van der Waals surface area contributed by atoms with Gasteiger partial charge in [0, 0.05) is 6.42 Å². The maximum absolute atomic E-state index is 12.3. The van der Waals surface area contributed by atoms with E-state index in [0.717, 1.165) is 11.1 Å². The number of esters is 1. The fraction of sp³-hybridized carbons (Fsp3) is 0.238. The smallest absolute Gasteiger partial charge is 0.339 e. The monoisotopic (exact) mass is 461 g/mol. The van der Waals surface area contributed by atoms with Crippen LogP contribution in [0.4, 0.5) is 0 Å². The second-order valence-corrected chi connectivity index (χ2v) is 8.89. The van der Waals surface area contributed by atoms with Gasteiger partial charge in [-0.1, -0.05) is 65.3 Å². The highest BCUT2D eigenvalue weighted by Gasteiger charge is 2.32. The van der Waals surface area contributed by atoms with Gasteiger partial charge in [0.25, 0.3) is 0 Å². The number of amides is 1. The number of nitrogens with one attached hydrogen (secondary N) is 1. The summed E-state index contributed by atoms with van der Waals surface area (Å²) < 4.78 is 5.48. The number of carbonyl (C=O) groups excluding carboxylic acids is 2. The van der Waals surface area contributed by atoms with E-state index in [-0.39, 0.29) is 17.1 Å². The number of nitrogens with zero attached hydrogens (tertiary/aromatic N) is 2. The van der Waals surface area contributed by atoms with Crippen LogP contribution >= 0.6 is 35.0 Å². The highest BCUT2D eigenvalue weighted by atomic mass is 35.5. The van der Waals surface area contributed by atoms with Crippen LogP contribution in [0.1, 0.15) is 28.4 Å². The molecular formula is C21H17Cl2N3O3S. The third-order valence-electron chi connectivity index (χ3n) is 4.87. The molecule has 0 bridgehead atoms. The number of rotatable bonds is 4. The van der Waals surface area contributed by atoms with Gasteiger partial charge in [0.15, 0.2) is 5.17 Å². The molecule has 1 fully saturated rings. The highest BCUT2D eigenvalue weighted by molar-refractivity contribution is 8.15. The van der Waals surface area contributed by atoms with Crippen LogP contribution in [0.15, 0.2) is 52.7 Å². The van der Waals surface area contributed by atoms with E-state index in [1.165, 1.54) is 11.8 Å². The molecule has 1 N–H and O–H groups in total. The quantitative estimate of drug-likeness (QED) is 0.418. The van der Waals surface area contributed by atoms with Crippen molar-refractivity contribution in [2.75, 3.05) is 0 Å². The first kappa shape index (κ1) is 20.9. The van der Waals surface area contributed by atoms with E-state index in [9.17, 15) is 9.59 Å². The van der Waals surface area contributed by atoms with Crippen molar-refractivity contribution in [1.29, 1.82) is 0 Å². The number of hydrogen-bond acceptors (Lipinski definition) is 6. The molecule has 1 saturated heterocycles. The zero-order valence-electron chi connectivity index (χ0n) is 15.9. The molecule has 0 aromatic heterocycles. The summed E-state index contributed by atoms with van der Waals surface area (Å²) in [5.74, 6) is -0.535. The van der Waals surface area contributed by atoms with E-state index in [4.69, 9.17) is 27.9 Å². The molecule has 2 atom stereocenters. The molecule has 9 heteroatoms. The number of halogens is 2. The highest BCUT2D eigenvalue weighted by Crippen LogP contribution is 2.30. The van der Waals surface area contributed by atoms with E-state index in [1.807, 2.05) is 18.2 Å². The van der Waals surface area contributed by atoms with Crippen LogP contribution in [-0.4, -0.2) is 34.1 Å². The predicted molar refractivity (Wildman–Crippen MR) is 120 cm³/mol. The lowest BCUT2D eigenvalue weighted by molar-refractivity contribution is -0.118. The number of thioether (sulfide) groups is 1. The molecule has 2 aromatic carbocycles. The van der Waals surface area contributed by atoms with Crippen molar-refractivity contribution in [3.63, 3.8) is 0 Å². The topological polar surface area (TPSA) is 80.1 Å². The maximum atomic E-state index is 12.3. The van der Waals surface area contributed by atoms with Crippen LogP contribution in [0.5, 0.6) is 0 Å². The van der Waals surface area contributed by atoms with E-state index < -0.39 is 6.10 Å². The predicted octanol–water partition coefficient (Wildman–Crippen LogP) is 4.28. The van der Waals surface area contributed by atoms with Gasteiger partial charge in [-0.3, -0.25) is 4.79 Å². The zero-order valence-corrected chi connectivity index (χ0v) is 18.2. The Balaban J connectivity index is 1.44. The lowest BCUT2D eigenvalue weighted by Gasteiger charge is -2.23. The lowest BCUT2D eigenvalue weighted by atomic mass is 9.97. The van der Waals surface area contributed by atoms with Gasteiger partial charge >= 0.3 is 5.97 Å². The Morgan fingerprint density at radius 2 is 2.00 bits per heavy atom. The largest absolute Gasteiger partial charge is 0.452 e. The van der Waals surface area contributed by atoms with Crippen LogP contribution in [0, 0.1) is 0 Å². The van der Waals surface area contributed by atoms with Gasteiger partial charge in [-0.15, -0.1) is 5.10 Å². The van der Waals surface area contributed by atoms with Crippen LogP contribution in [-0.2, 0) is 22.4 Å². The minimum absolute atomic E-state index is 0.166. The van der Waals surface area contributed by atoms with Gasteiger partial charge in [-0.2, -0.15) is 5.10 Å². The Hall–Kier alpha value is -2.35. The Bertz CT molecular complexity index is 1090. The van der Waals surface area contributed by atoms with Gasteiger partial charge in [0.05, 0.1) is 26.6 Å². The van der Waals surface area contributed by atoms with Gasteiger partial charge in [-0.25, -0.2) is 4.79 Å². The molecule has 4 rings (SSSR count). The van der Waals surface area contributed by atoms with Gasteiger partial charge < -0.3 is 10.1 Å². The maximum Gasteiger partial charge on any atom is 0.339 e. The van der Waals surface area contributed by atoms with Crippen molar-refractivity contribution in [3.05, 3.63) is 69.2 Å². The standard InChI is InChI=1S/C21H17Cl2N3O3S/c1-11(16-9-12-5-2-3-7-14(12)20(28)29-16)25-26-21-24-19(27)17(30-21)10-13-6-4-8-15(22)18(13)23/h2-8,16-17H,9-10H2,1H3,(H,24,26,27). The Morgan fingerprint density at radius 3 is 2.83 bits per heavy atom. The zero-order chi connectivity index (χ0) is 21.3. The number of cyclic esters (lactones) is 1. The number of amidine groups is 1. The van der Waals surface area contributed by atoms with Gasteiger partial charge in [0.1, 0.15) is 6.10 Å². The molecule has 2 aliphatic rings. The lowest BCUT2D eigenvalue weighted by Crippen LogP contribution is -2.33. The normalized spacial score (nSPS) is 22.6. The third kappa shape index (κ3) is 4.38. The Morgan fingerprint density at radius 1 is 1.20 bits per heavy atom. The van der Waals surface area contributed by atoms with Crippen molar-refractivity contribution in [1.82, 2.24) is 5.32 Å². The fourth-order valence-electron chi connectivity index (χ4n) is 3.25. The summed E-state index contributed by atoms with van der Waals surface area (Å²) in [6, 6.07) is 12.7. The Labute approximate surface area is 187 Å². The van der Waals surface area contributed by atoms with E-state index >= 15 is 0 Å². The minimum atomic E-state index is -0.486. The van der Waals surface area contributed by atoms with Gasteiger partial charge in [-0.05, 0) is 36.6 Å². The van der Waals surface area contributed by atoms with E-state index in [1.54, 1.807) is 31.2 Å². The molecule has 0 radical (unpaired) electrons. The average Bonchev–Trinajstić information content (AvgIpc) is 3.09. The number of hydrogen-bond donors (Lipinski definition) is 1. The van der Waals surface area contributed by atoms with Crippen LogP contribution in [0.3, 0.4) is 0 Å². The summed E-state index contributed by atoms with van der Waals surface area (Å²) in [7, 11) is 0. The molecule has 154 valence electrons. The first-order valence-corrected chi connectivity index (χ1v) is 10.9. The summed E-state index contributed by atoms with van der Waals surface area (Å²) >= 11 is 13.6. The Kier molecular flexibility index (Phi) is 6.13. The molecule has 1 amide bonds. The molecule has 2 aliphatic heterocycles. The van der Waals surface area contributed by atoms with Crippen LogP contribution < -0.4 is 5.32 Å². The van der Waals surface area contributed by atoms with Crippen molar-refractivity contribution in [3.8, 4) is 0 Å². The summed E-state index contributed by atoms with van der Waals surface area (Å²) in [6.45, 7) is 1.75. The second kappa shape index (κ2) is 8.79. The SMILES string of the molecule is CC(=NN=C1NC(=O)C(Cc2cccc(Cl)c2Cl)S1)C1Cc2ccccc2C(=O)O1. The molecule has 2 aromatic rings. The number of fused-ring (bicyclic) bond motifs is 1. The summed E-state index contributed by atoms with van der Waals surface area (Å²) in [6.07, 6.45) is 0.478. The van der Waals surface area contributed by atoms with Crippen LogP contribution in [0.2, 0.25) is 10.0 Å². The average molecular weight is 462 g/mol. The van der Waals surface area contributed by atoms with E-state index in [2.05, 4.69) is 15.5 Å². The molecule has 2 unspecified atom stereocenters. The summed E-state index contributed by atoms with van der Waals surface area (Å²) in [5.41, 5.74) is 2.85. The van der Waals surface area contributed by atoms with Crippen LogP contribution in [0.25, 0.3) is 0 Å². The fourth-order valence-corrected chi connectivity index (χ4v) is 4.59. The second-order valence-electron chi connectivity index (χ2n) is 6.91. The molecular weight excluding hydrogens is 445 g/mol. The van der Waals surface area contributed by atoms with Crippen molar-refractivity contribution < 1.29 is 14.3 Å². The molecule has 6 nitrogen and oxygen atoms in total. The van der Waals surface area contributed by atoms with Crippen molar-refractivity contribution in [2.24, 2.45) is 10.2 Å². The minimum Gasteiger partial charge on any atom is -0.452 e. The number of ether oxygens (including phenoxy) is 1. The third-order valence-corrected chi connectivity index (χ3v) is 6.80.